The second kappa shape index (κ2) is 4.60. The smallest absolute Gasteiger partial charge is 0.108 e. The van der Waals surface area contributed by atoms with Crippen molar-refractivity contribution < 1.29 is 0 Å². The van der Waals surface area contributed by atoms with Crippen molar-refractivity contribution >= 4 is 0 Å². The molecule has 78 valence electrons. The van der Waals surface area contributed by atoms with Crippen LogP contribution in [0.25, 0.3) is 0 Å². The van der Waals surface area contributed by atoms with Crippen molar-refractivity contribution in [1.82, 2.24) is 14.9 Å². The molecule has 1 aromatic heterocycles. The van der Waals surface area contributed by atoms with E-state index < -0.39 is 0 Å². The summed E-state index contributed by atoms with van der Waals surface area (Å²) in [4.78, 5) is 4.39. The first-order chi connectivity index (χ1) is 6.90. The fraction of sp³-hybridized carbons (Fsp3) is 0.727. The molecule has 1 unspecified atom stereocenters. The van der Waals surface area contributed by atoms with Crippen molar-refractivity contribution in [3.05, 3.63) is 18.2 Å². The highest BCUT2D eigenvalue weighted by Gasteiger charge is 2.14. The average molecular weight is 193 g/mol. The molecule has 2 rings (SSSR count). The number of nitrogens with one attached hydrogen (secondary N) is 1. The van der Waals surface area contributed by atoms with Gasteiger partial charge in [0, 0.05) is 25.4 Å². The van der Waals surface area contributed by atoms with Crippen LogP contribution in [0.3, 0.4) is 0 Å². The normalized spacial score (nSPS) is 21.6. The summed E-state index contributed by atoms with van der Waals surface area (Å²) >= 11 is 0. The summed E-state index contributed by atoms with van der Waals surface area (Å²) in [6.45, 7) is 5.61. The molecule has 0 aliphatic carbocycles. The topological polar surface area (TPSA) is 29.9 Å². The molecule has 1 aliphatic rings. The second-order valence-corrected chi connectivity index (χ2v) is 4.03. The van der Waals surface area contributed by atoms with Crippen molar-refractivity contribution in [3.63, 3.8) is 0 Å². The van der Waals surface area contributed by atoms with Gasteiger partial charge in [0.15, 0.2) is 0 Å². The van der Waals surface area contributed by atoms with Crippen molar-refractivity contribution in [2.24, 2.45) is 5.92 Å². The lowest BCUT2D eigenvalue weighted by Crippen LogP contribution is -2.10. The monoisotopic (exact) mass is 193 g/mol. The molecule has 1 fully saturated rings. The van der Waals surface area contributed by atoms with Crippen molar-refractivity contribution in [2.45, 2.75) is 32.7 Å². The van der Waals surface area contributed by atoms with Gasteiger partial charge < -0.3 is 9.88 Å². The van der Waals surface area contributed by atoms with Gasteiger partial charge in [0.25, 0.3) is 0 Å². The molecular weight excluding hydrogens is 174 g/mol. The number of aromatic nitrogens is 2. The molecule has 0 bridgehead atoms. The van der Waals surface area contributed by atoms with E-state index in [0.29, 0.717) is 0 Å². The minimum Gasteiger partial charge on any atom is -0.335 e. The van der Waals surface area contributed by atoms with Crippen LogP contribution in [-0.2, 0) is 13.0 Å². The Hall–Kier alpha value is -0.830. The maximum Gasteiger partial charge on any atom is 0.108 e. The van der Waals surface area contributed by atoms with Crippen LogP contribution in [0.2, 0.25) is 0 Å². The Bertz CT molecular complexity index is 274. The molecule has 1 aromatic rings. The maximum absolute atomic E-state index is 4.39. The highest BCUT2D eigenvalue weighted by atomic mass is 15.0. The molecule has 1 aliphatic heterocycles. The Morgan fingerprint density at radius 2 is 2.57 bits per heavy atom. The summed E-state index contributed by atoms with van der Waals surface area (Å²) < 4.78 is 2.24. The van der Waals surface area contributed by atoms with Crippen LogP contribution in [-0.4, -0.2) is 22.6 Å². The Balaban J connectivity index is 1.84. The number of imidazole rings is 1. The molecule has 3 nitrogen and oxygen atoms in total. The van der Waals surface area contributed by atoms with Gasteiger partial charge in [-0.1, -0.05) is 0 Å². The quantitative estimate of drug-likeness (QED) is 0.784. The second-order valence-electron chi connectivity index (χ2n) is 4.03. The number of nitrogens with zero attached hydrogens (tertiary/aromatic N) is 2. The Morgan fingerprint density at radius 3 is 3.29 bits per heavy atom. The van der Waals surface area contributed by atoms with E-state index in [0.717, 1.165) is 18.9 Å². The third-order valence-electron chi connectivity index (χ3n) is 3.08. The molecule has 1 N–H and O–H groups in total. The van der Waals surface area contributed by atoms with Gasteiger partial charge >= 0.3 is 0 Å². The first-order valence-electron chi connectivity index (χ1n) is 5.61. The fourth-order valence-corrected chi connectivity index (χ4v) is 2.15. The average Bonchev–Trinajstić information content (AvgIpc) is 2.85. The summed E-state index contributed by atoms with van der Waals surface area (Å²) in [5.41, 5.74) is 0. The summed E-state index contributed by atoms with van der Waals surface area (Å²) in [5, 5.41) is 3.40. The first-order valence-corrected chi connectivity index (χ1v) is 5.61. The molecular formula is C11H19N3. The van der Waals surface area contributed by atoms with Crippen LogP contribution in [0.15, 0.2) is 12.4 Å². The van der Waals surface area contributed by atoms with E-state index in [1.165, 1.54) is 31.8 Å². The lowest BCUT2D eigenvalue weighted by Gasteiger charge is -2.08. The van der Waals surface area contributed by atoms with Gasteiger partial charge in [-0.05, 0) is 38.8 Å². The zero-order valence-electron chi connectivity index (χ0n) is 8.87. The predicted octanol–water partition coefficient (Wildman–Crippen LogP) is 1.45. The largest absolute Gasteiger partial charge is 0.335 e. The van der Waals surface area contributed by atoms with Gasteiger partial charge in [-0.3, -0.25) is 0 Å². The molecule has 0 radical (unpaired) electrons. The molecule has 3 heteroatoms. The fourth-order valence-electron chi connectivity index (χ4n) is 2.15. The van der Waals surface area contributed by atoms with E-state index in [-0.39, 0.29) is 0 Å². The number of hydrogen-bond donors (Lipinski definition) is 1. The van der Waals surface area contributed by atoms with E-state index in [2.05, 4.69) is 28.0 Å². The van der Waals surface area contributed by atoms with Crippen LogP contribution < -0.4 is 5.32 Å². The van der Waals surface area contributed by atoms with Gasteiger partial charge in [0.05, 0.1) is 0 Å². The van der Waals surface area contributed by atoms with Gasteiger partial charge in [-0.15, -0.1) is 0 Å². The van der Waals surface area contributed by atoms with Gasteiger partial charge in [0.1, 0.15) is 5.82 Å². The van der Waals surface area contributed by atoms with E-state index in [1.807, 2.05) is 6.20 Å². The third kappa shape index (κ3) is 2.15. The molecule has 1 saturated heterocycles. The zero-order chi connectivity index (χ0) is 9.80. The molecule has 1 atom stereocenters. The first kappa shape index (κ1) is 9.71. The third-order valence-corrected chi connectivity index (χ3v) is 3.08. The minimum atomic E-state index is 0.872. The Kier molecular flexibility index (Phi) is 3.19. The molecule has 14 heavy (non-hydrogen) atoms. The molecule has 2 heterocycles. The molecule has 0 amide bonds. The predicted molar refractivity (Wildman–Crippen MR) is 57.2 cm³/mol. The number of rotatable bonds is 4. The van der Waals surface area contributed by atoms with E-state index in [1.54, 1.807) is 0 Å². The highest BCUT2D eigenvalue weighted by molar-refractivity contribution is 4.93. The molecule has 0 aromatic carbocycles. The van der Waals surface area contributed by atoms with Gasteiger partial charge in [-0.25, -0.2) is 4.98 Å². The van der Waals surface area contributed by atoms with Crippen LogP contribution >= 0.6 is 0 Å². The maximum atomic E-state index is 4.39. The lowest BCUT2D eigenvalue weighted by atomic mass is 10.0. The summed E-state index contributed by atoms with van der Waals surface area (Å²) in [6, 6.07) is 0. The van der Waals surface area contributed by atoms with Crippen LogP contribution in [0.1, 0.15) is 25.6 Å². The highest BCUT2D eigenvalue weighted by Crippen LogP contribution is 2.15. The summed E-state index contributed by atoms with van der Waals surface area (Å²) in [7, 11) is 0. The molecule has 0 spiro atoms. The van der Waals surface area contributed by atoms with Gasteiger partial charge in [0.2, 0.25) is 0 Å². The summed E-state index contributed by atoms with van der Waals surface area (Å²) in [6.07, 6.45) is 7.73. The zero-order valence-corrected chi connectivity index (χ0v) is 8.87. The van der Waals surface area contributed by atoms with Gasteiger partial charge in [-0.2, -0.15) is 0 Å². The lowest BCUT2D eigenvalue weighted by molar-refractivity contribution is 0.515. The number of aryl methyl sites for hydroxylation is 2. The minimum absolute atomic E-state index is 0.872. The van der Waals surface area contributed by atoms with Crippen molar-refractivity contribution in [3.8, 4) is 0 Å². The Morgan fingerprint density at radius 1 is 1.64 bits per heavy atom. The van der Waals surface area contributed by atoms with Crippen LogP contribution in [0.5, 0.6) is 0 Å². The van der Waals surface area contributed by atoms with E-state index in [4.69, 9.17) is 0 Å². The van der Waals surface area contributed by atoms with E-state index >= 15 is 0 Å². The SMILES string of the molecule is CCn1ccnc1CCC1CCNC1. The Labute approximate surface area is 85.5 Å². The van der Waals surface area contributed by atoms with Crippen molar-refractivity contribution in [1.29, 1.82) is 0 Å². The van der Waals surface area contributed by atoms with E-state index in [9.17, 15) is 0 Å². The standard InChI is InChI=1S/C11H19N3/c1-2-14-8-7-13-11(14)4-3-10-5-6-12-9-10/h7-8,10,12H,2-6,9H2,1H3. The molecule has 0 saturated carbocycles. The summed E-state index contributed by atoms with van der Waals surface area (Å²) in [5.74, 6) is 2.12. The number of hydrogen-bond acceptors (Lipinski definition) is 2. The van der Waals surface area contributed by atoms with Crippen molar-refractivity contribution in [2.75, 3.05) is 13.1 Å². The van der Waals surface area contributed by atoms with Crippen LogP contribution in [0.4, 0.5) is 0 Å². The van der Waals surface area contributed by atoms with Crippen LogP contribution in [0, 0.1) is 5.92 Å².